The topological polar surface area (TPSA) is 26.7 Å². The van der Waals surface area contributed by atoms with Crippen molar-refractivity contribution in [2.75, 3.05) is 33.8 Å². The number of benzene rings is 1. The van der Waals surface area contributed by atoms with Crippen LogP contribution in [0.3, 0.4) is 0 Å². The van der Waals surface area contributed by atoms with Crippen LogP contribution in [0.1, 0.15) is 30.9 Å². The second-order valence-corrected chi connectivity index (χ2v) is 6.71. The van der Waals surface area contributed by atoms with Crippen molar-refractivity contribution in [3.63, 3.8) is 0 Å². The van der Waals surface area contributed by atoms with Crippen LogP contribution in [0.5, 0.6) is 0 Å². The molecule has 2 rings (SSSR count). The Morgan fingerprint density at radius 2 is 2.30 bits per heavy atom. The maximum atomic E-state index is 9.72. The highest BCUT2D eigenvalue weighted by molar-refractivity contribution is 9.10. The Morgan fingerprint density at radius 3 is 2.90 bits per heavy atom. The number of aliphatic hydroxyl groups excluding tert-OH is 1. The Morgan fingerprint density at radius 1 is 1.50 bits per heavy atom. The van der Waals surface area contributed by atoms with Crippen molar-refractivity contribution in [1.29, 1.82) is 0 Å². The molecule has 1 aromatic rings. The largest absolute Gasteiger partial charge is 0.394 e. The third-order valence-electron chi connectivity index (χ3n) is 4.42. The van der Waals surface area contributed by atoms with Gasteiger partial charge in [-0.25, -0.2) is 0 Å². The molecule has 1 heterocycles. The first-order valence-electron chi connectivity index (χ1n) is 7.38. The highest BCUT2D eigenvalue weighted by Crippen LogP contribution is 2.24. The summed E-state index contributed by atoms with van der Waals surface area (Å²) in [5, 5.41) is 9.72. The van der Waals surface area contributed by atoms with Crippen LogP contribution in [0.2, 0.25) is 0 Å². The van der Waals surface area contributed by atoms with E-state index in [0.29, 0.717) is 6.04 Å². The van der Waals surface area contributed by atoms with E-state index in [-0.39, 0.29) is 12.6 Å². The lowest BCUT2D eigenvalue weighted by Crippen LogP contribution is -2.33. The predicted molar refractivity (Wildman–Crippen MR) is 86.9 cm³/mol. The summed E-state index contributed by atoms with van der Waals surface area (Å²) >= 11 is 3.50. The van der Waals surface area contributed by atoms with Gasteiger partial charge in [-0.15, -0.1) is 0 Å². The Labute approximate surface area is 130 Å². The maximum absolute atomic E-state index is 9.72. The lowest BCUT2D eigenvalue weighted by atomic mass is 10.1. The van der Waals surface area contributed by atoms with Gasteiger partial charge in [-0.1, -0.05) is 28.1 Å². The lowest BCUT2D eigenvalue weighted by molar-refractivity contribution is 0.137. The van der Waals surface area contributed by atoms with Crippen molar-refractivity contribution in [3.05, 3.63) is 34.3 Å². The first-order valence-corrected chi connectivity index (χ1v) is 8.18. The average Bonchev–Trinajstić information content (AvgIpc) is 2.83. The van der Waals surface area contributed by atoms with Gasteiger partial charge in [0, 0.05) is 17.1 Å². The Balaban J connectivity index is 1.93. The van der Waals surface area contributed by atoms with E-state index in [0.717, 1.165) is 11.0 Å². The fraction of sp³-hybridized carbons (Fsp3) is 0.625. The van der Waals surface area contributed by atoms with Crippen LogP contribution < -0.4 is 0 Å². The van der Waals surface area contributed by atoms with Gasteiger partial charge in [-0.2, -0.15) is 0 Å². The summed E-state index contributed by atoms with van der Waals surface area (Å²) in [5.41, 5.74) is 1.17. The smallest absolute Gasteiger partial charge is 0.0628 e. The number of rotatable bonds is 6. The van der Waals surface area contributed by atoms with Crippen LogP contribution in [0.25, 0.3) is 0 Å². The molecule has 1 N–H and O–H groups in total. The van der Waals surface area contributed by atoms with Gasteiger partial charge in [-0.3, -0.25) is 4.90 Å². The molecule has 4 heteroatoms. The molecule has 1 aromatic carbocycles. The van der Waals surface area contributed by atoms with Crippen LogP contribution in [0.15, 0.2) is 28.7 Å². The standard InChI is InChI=1S/C16H25BrN2O/c1-18-9-4-7-15(18)8-10-19(2)16(12-20)13-5-3-6-14(17)11-13/h3,5-6,11,15-16,20H,4,7-10,12H2,1-2H3. The van der Waals surface area contributed by atoms with Gasteiger partial charge < -0.3 is 10.0 Å². The monoisotopic (exact) mass is 340 g/mol. The molecule has 112 valence electrons. The van der Waals surface area contributed by atoms with Crippen molar-refractivity contribution in [2.24, 2.45) is 0 Å². The van der Waals surface area contributed by atoms with E-state index in [1.54, 1.807) is 0 Å². The van der Waals surface area contributed by atoms with Crippen molar-refractivity contribution in [1.82, 2.24) is 9.80 Å². The molecule has 0 aliphatic carbocycles. The summed E-state index contributed by atoms with van der Waals surface area (Å²) in [5.74, 6) is 0. The molecule has 0 saturated carbocycles. The molecule has 1 aliphatic heterocycles. The second kappa shape index (κ2) is 7.55. The van der Waals surface area contributed by atoms with E-state index in [9.17, 15) is 5.11 Å². The lowest BCUT2D eigenvalue weighted by Gasteiger charge is -2.29. The van der Waals surface area contributed by atoms with Crippen LogP contribution in [-0.2, 0) is 0 Å². The summed E-state index contributed by atoms with van der Waals surface area (Å²) in [7, 11) is 4.33. The van der Waals surface area contributed by atoms with Crippen LogP contribution in [-0.4, -0.2) is 54.7 Å². The third kappa shape index (κ3) is 4.04. The Kier molecular flexibility index (Phi) is 6.02. The van der Waals surface area contributed by atoms with Crippen molar-refractivity contribution in [2.45, 2.75) is 31.3 Å². The summed E-state index contributed by atoms with van der Waals surface area (Å²) in [6.07, 6.45) is 3.81. The average molecular weight is 341 g/mol. The maximum Gasteiger partial charge on any atom is 0.0628 e. The molecule has 0 amide bonds. The minimum atomic E-state index is 0.0826. The van der Waals surface area contributed by atoms with E-state index in [1.165, 1.54) is 31.4 Å². The third-order valence-corrected chi connectivity index (χ3v) is 4.92. The fourth-order valence-corrected chi connectivity index (χ4v) is 3.48. The van der Waals surface area contributed by atoms with E-state index in [2.05, 4.69) is 52.0 Å². The van der Waals surface area contributed by atoms with Crippen molar-refractivity contribution in [3.8, 4) is 0 Å². The zero-order valence-corrected chi connectivity index (χ0v) is 14.0. The van der Waals surface area contributed by atoms with E-state index in [1.807, 2.05) is 12.1 Å². The zero-order chi connectivity index (χ0) is 14.5. The van der Waals surface area contributed by atoms with Gasteiger partial charge in [0.25, 0.3) is 0 Å². The fourth-order valence-electron chi connectivity index (χ4n) is 3.07. The van der Waals surface area contributed by atoms with E-state index in [4.69, 9.17) is 0 Å². The highest BCUT2D eigenvalue weighted by atomic mass is 79.9. The van der Waals surface area contributed by atoms with Gasteiger partial charge in [0.05, 0.1) is 12.6 Å². The van der Waals surface area contributed by atoms with Gasteiger partial charge in [-0.05, 0) is 57.6 Å². The van der Waals surface area contributed by atoms with Crippen molar-refractivity contribution >= 4 is 15.9 Å². The molecular weight excluding hydrogens is 316 g/mol. The Hall–Kier alpha value is -0.420. The van der Waals surface area contributed by atoms with E-state index >= 15 is 0 Å². The molecule has 1 aliphatic rings. The van der Waals surface area contributed by atoms with Gasteiger partial charge in [0.15, 0.2) is 0 Å². The molecular formula is C16H25BrN2O. The molecule has 0 aromatic heterocycles. The highest BCUT2D eigenvalue weighted by Gasteiger charge is 2.23. The predicted octanol–water partition coefficient (Wildman–Crippen LogP) is 2.90. The summed E-state index contributed by atoms with van der Waals surface area (Å²) < 4.78 is 1.07. The number of aliphatic hydroxyl groups is 1. The van der Waals surface area contributed by atoms with Gasteiger partial charge in [0.1, 0.15) is 0 Å². The molecule has 0 bridgehead atoms. The SMILES string of the molecule is CN1CCCC1CCN(C)C(CO)c1cccc(Br)c1. The Bertz CT molecular complexity index is 427. The normalized spacial score (nSPS) is 21.6. The molecule has 2 unspecified atom stereocenters. The molecule has 0 spiro atoms. The zero-order valence-electron chi connectivity index (χ0n) is 12.4. The molecule has 3 nitrogen and oxygen atoms in total. The molecule has 20 heavy (non-hydrogen) atoms. The summed E-state index contributed by atoms with van der Waals surface area (Å²) in [4.78, 5) is 4.73. The first kappa shape index (κ1) is 16.0. The second-order valence-electron chi connectivity index (χ2n) is 5.80. The van der Waals surface area contributed by atoms with Gasteiger partial charge in [0.2, 0.25) is 0 Å². The van der Waals surface area contributed by atoms with Gasteiger partial charge >= 0.3 is 0 Å². The number of likely N-dealkylation sites (tertiary alicyclic amines) is 1. The van der Waals surface area contributed by atoms with E-state index < -0.39 is 0 Å². The molecule has 0 radical (unpaired) electrons. The quantitative estimate of drug-likeness (QED) is 0.862. The molecule has 1 saturated heterocycles. The summed E-state index contributed by atoms with van der Waals surface area (Å²) in [6.45, 7) is 2.41. The van der Waals surface area contributed by atoms with Crippen LogP contribution in [0, 0.1) is 0 Å². The van der Waals surface area contributed by atoms with Crippen LogP contribution >= 0.6 is 15.9 Å². The minimum Gasteiger partial charge on any atom is -0.394 e. The van der Waals surface area contributed by atoms with Crippen molar-refractivity contribution < 1.29 is 5.11 Å². The number of nitrogens with zero attached hydrogens (tertiary/aromatic N) is 2. The molecule has 2 atom stereocenters. The van der Waals surface area contributed by atoms with Crippen LogP contribution in [0.4, 0.5) is 0 Å². The molecule has 1 fully saturated rings. The number of hydrogen-bond acceptors (Lipinski definition) is 3. The number of halogens is 1. The number of likely N-dealkylation sites (N-methyl/N-ethyl adjacent to an activating group) is 1. The minimum absolute atomic E-state index is 0.0826. The summed E-state index contributed by atoms with van der Waals surface area (Å²) in [6, 6.07) is 9.02. The first-order chi connectivity index (χ1) is 9.61. The number of hydrogen-bond donors (Lipinski definition) is 1.